The quantitative estimate of drug-likeness (QED) is 0.656. The zero-order valence-electron chi connectivity index (χ0n) is 14.1. The number of halogens is 2. The van der Waals surface area contributed by atoms with Crippen molar-refractivity contribution >= 4 is 24.0 Å². The Balaban J connectivity index is 0.00000243. The average Bonchev–Trinajstić information content (AvgIpc) is 2.60. The van der Waals surface area contributed by atoms with Gasteiger partial charge in [-0.3, -0.25) is 14.9 Å². The molecule has 0 aliphatic carbocycles. The molecule has 0 radical (unpaired) electrons. The lowest BCUT2D eigenvalue weighted by atomic mass is 10.0. The van der Waals surface area contributed by atoms with Gasteiger partial charge in [0.2, 0.25) is 0 Å². The standard InChI is InChI=1S/C18H18FN3O3.ClH/c1-12-9-14(5-6-16(12)22(24)25)18(23)21-8-7-20-11-17(21)13-3-2-4-15(19)10-13;/h2-6,9-10,17,20H,7-8,11H2,1H3;1H. The Hall–Kier alpha value is -2.51. The molecule has 0 spiro atoms. The third-order valence-electron chi connectivity index (χ3n) is 4.38. The van der Waals surface area contributed by atoms with Crippen LogP contribution in [0.5, 0.6) is 0 Å². The average molecular weight is 380 g/mol. The molecule has 0 saturated carbocycles. The Morgan fingerprint density at radius 2 is 2.08 bits per heavy atom. The van der Waals surface area contributed by atoms with Gasteiger partial charge < -0.3 is 10.2 Å². The zero-order valence-corrected chi connectivity index (χ0v) is 15.0. The molecule has 1 fully saturated rings. The number of nitrogens with zero attached hydrogens (tertiary/aromatic N) is 2. The van der Waals surface area contributed by atoms with Gasteiger partial charge in [-0.15, -0.1) is 12.4 Å². The zero-order chi connectivity index (χ0) is 18.0. The monoisotopic (exact) mass is 379 g/mol. The smallest absolute Gasteiger partial charge is 0.272 e. The van der Waals surface area contributed by atoms with Crippen LogP contribution in [0.15, 0.2) is 42.5 Å². The molecule has 2 aromatic rings. The molecule has 1 atom stereocenters. The Morgan fingerprint density at radius 3 is 2.73 bits per heavy atom. The molecular weight excluding hydrogens is 361 g/mol. The Morgan fingerprint density at radius 1 is 1.31 bits per heavy atom. The van der Waals surface area contributed by atoms with Crippen LogP contribution < -0.4 is 5.32 Å². The first-order valence-electron chi connectivity index (χ1n) is 7.99. The van der Waals surface area contributed by atoms with Gasteiger partial charge in [0.15, 0.2) is 0 Å². The summed E-state index contributed by atoms with van der Waals surface area (Å²) in [4.78, 5) is 25.1. The van der Waals surface area contributed by atoms with Gasteiger partial charge in [-0.2, -0.15) is 0 Å². The van der Waals surface area contributed by atoms with E-state index < -0.39 is 4.92 Å². The number of hydrogen-bond acceptors (Lipinski definition) is 4. The number of piperazine rings is 1. The number of rotatable bonds is 3. The van der Waals surface area contributed by atoms with Crippen molar-refractivity contribution in [2.45, 2.75) is 13.0 Å². The maximum atomic E-state index is 13.6. The predicted molar refractivity (Wildman–Crippen MR) is 98.1 cm³/mol. The first kappa shape index (κ1) is 19.8. The number of carbonyl (C=O) groups is 1. The van der Waals surface area contributed by atoms with Gasteiger partial charge >= 0.3 is 0 Å². The third-order valence-corrected chi connectivity index (χ3v) is 4.38. The Labute approximate surface area is 156 Å². The number of nitro groups is 1. The minimum Gasteiger partial charge on any atom is -0.329 e. The molecule has 138 valence electrons. The summed E-state index contributed by atoms with van der Waals surface area (Å²) in [6, 6.07) is 10.3. The van der Waals surface area contributed by atoms with Crippen LogP contribution in [0, 0.1) is 22.9 Å². The second-order valence-electron chi connectivity index (χ2n) is 6.03. The van der Waals surface area contributed by atoms with Crippen molar-refractivity contribution in [3.8, 4) is 0 Å². The van der Waals surface area contributed by atoms with E-state index in [1.807, 2.05) is 0 Å². The lowest BCUT2D eigenvalue weighted by molar-refractivity contribution is -0.385. The highest BCUT2D eigenvalue weighted by Gasteiger charge is 2.29. The molecule has 26 heavy (non-hydrogen) atoms. The summed E-state index contributed by atoms with van der Waals surface area (Å²) in [5.74, 6) is -0.560. The summed E-state index contributed by atoms with van der Waals surface area (Å²) in [7, 11) is 0. The highest BCUT2D eigenvalue weighted by Crippen LogP contribution is 2.26. The van der Waals surface area contributed by atoms with Crippen LogP contribution >= 0.6 is 12.4 Å². The van der Waals surface area contributed by atoms with Crippen molar-refractivity contribution < 1.29 is 14.1 Å². The molecular formula is C18H19ClFN3O3. The highest BCUT2D eigenvalue weighted by atomic mass is 35.5. The normalized spacial score (nSPS) is 16.7. The number of amides is 1. The van der Waals surface area contributed by atoms with Crippen molar-refractivity contribution in [3.05, 3.63) is 75.1 Å². The van der Waals surface area contributed by atoms with E-state index >= 15 is 0 Å². The SMILES string of the molecule is Cc1cc(C(=O)N2CCNCC2c2cccc(F)c2)ccc1[N+](=O)[O-].Cl. The second kappa shape index (κ2) is 8.25. The molecule has 2 aromatic carbocycles. The highest BCUT2D eigenvalue weighted by molar-refractivity contribution is 5.95. The molecule has 1 amide bonds. The molecule has 0 bridgehead atoms. The fourth-order valence-corrected chi connectivity index (χ4v) is 3.12. The van der Waals surface area contributed by atoms with E-state index in [0.29, 0.717) is 30.8 Å². The largest absolute Gasteiger partial charge is 0.329 e. The summed E-state index contributed by atoms with van der Waals surface area (Å²) in [5.41, 5.74) is 1.54. The summed E-state index contributed by atoms with van der Waals surface area (Å²) >= 11 is 0. The Bertz CT molecular complexity index is 831. The van der Waals surface area contributed by atoms with Crippen LogP contribution in [0.2, 0.25) is 0 Å². The van der Waals surface area contributed by atoms with Crippen LogP contribution in [0.4, 0.5) is 10.1 Å². The van der Waals surface area contributed by atoms with Gasteiger partial charge in [-0.1, -0.05) is 12.1 Å². The molecule has 1 N–H and O–H groups in total. The van der Waals surface area contributed by atoms with Crippen molar-refractivity contribution in [2.24, 2.45) is 0 Å². The number of carbonyl (C=O) groups excluding carboxylic acids is 1. The van der Waals surface area contributed by atoms with Crippen LogP contribution in [-0.4, -0.2) is 35.4 Å². The fourth-order valence-electron chi connectivity index (χ4n) is 3.12. The molecule has 8 heteroatoms. The van der Waals surface area contributed by atoms with E-state index in [1.54, 1.807) is 24.0 Å². The van der Waals surface area contributed by atoms with Gasteiger partial charge in [-0.05, 0) is 36.8 Å². The van der Waals surface area contributed by atoms with Crippen LogP contribution in [0.3, 0.4) is 0 Å². The van der Waals surface area contributed by atoms with Crippen LogP contribution in [0.25, 0.3) is 0 Å². The van der Waals surface area contributed by atoms with Gasteiger partial charge in [0.05, 0.1) is 11.0 Å². The van der Waals surface area contributed by atoms with Crippen LogP contribution in [-0.2, 0) is 0 Å². The number of hydrogen-bond donors (Lipinski definition) is 1. The van der Waals surface area contributed by atoms with Gasteiger partial charge in [0, 0.05) is 36.8 Å². The summed E-state index contributed by atoms with van der Waals surface area (Å²) in [6.45, 7) is 3.26. The molecule has 3 rings (SSSR count). The lowest BCUT2D eigenvalue weighted by Crippen LogP contribution is -2.48. The van der Waals surface area contributed by atoms with Gasteiger partial charge in [0.25, 0.3) is 11.6 Å². The summed E-state index contributed by atoms with van der Waals surface area (Å²) in [5, 5.41) is 14.2. The molecule has 1 aliphatic rings. The fraction of sp³-hybridized carbons (Fsp3) is 0.278. The molecule has 1 aliphatic heterocycles. The first-order chi connectivity index (χ1) is 12.0. The molecule has 0 aromatic heterocycles. The van der Waals surface area contributed by atoms with E-state index in [2.05, 4.69) is 5.32 Å². The number of benzene rings is 2. The maximum absolute atomic E-state index is 13.6. The van der Waals surface area contributed by atoms with Gasteiger partial charge in [-0.25, -0.2) is 4.39 Å². The van der Waals surface area contributed by atoms with Crippen molar-refractivity contribution in [2.75, 3.05) is 19.6 Å². The first-order valence-corrected chi connectivity index (χ1v) is 7.99. The summed E-state index contributed by atoms with van der Waals surface area (Å²) in [6.07, 6.45) is 0. The van der Waals surface area contributed by atoms with E-state index in [4.69, 9.17) is 0 Å². The van der Waals surface area contributed by atoms with Crippen LogP contribution in [0.1, 0.15) is 27.5 Å². The van der Waals surface area contributed by atoms with Gasteiger partial charge in [0.1, 0.15) is 5.82 Å². The lowest BCUT2D eigenvalue weighted by Gasteiger charge is -2.36. The van der Waals surface area contributed by atoms with E-state index in [9.17, 15) is 19.3 Å². The van der Waals surface area contributed by atoms with Crippen molar-refractivity contribution in [1.82, 2.24) is 10.2 Å². The molecule has 1 heterocycles. The minimum absolute atomic E-state index is 0. The minimum atomic E-state index is -0.468. The number of aryl methyl sites for hydroxylation is 1. The predicted octanol–water partition coefficient (Wildman–Crippen LogP) is 3.25. The van der Waals surface area contributed by atoms with E-state index in [-0.39, 0.29) is 35.9 Å². The molecule has 6 nitrogen and oxygen atoms in total. The van der Waals surface area contributed by atoms with Crippen molar-refractivity contribution in [1.29, 1.82) is 0 Å². The molecule has 1 unspecified atom stereocenters. The maximum Gasteiger partial charge on any atom is 0.272 e. The number of nitrogens with one attached hydrogen (secondary N) is 1. The molecule has 1 saturated heterocycles. The topological polar surface area (TPSA) is 75.5 Å². The summed E-state index contributed by atoms with van der Waals surface area (Å²) < 4.78 is 13.6. The Kier molecular flexibility index (Phi) is 6.28. The second-order valence-corrected chi connectivity index (χ2v) is 6.03. The van der Waals surface area contributed by atoms with E-state index in [0.717, 1.165) is 5.56 Å². The third kappa shape index (κ3) is 4.00. The number of nitro benzene ring substituents is 1. The van der Waals surface area contributed by atoms with Crippen molar-refractivity contribution in [3.63, 3.8) is 0 Å². The van der Waals surface area contributed by atoms with E-state index in [1.165, 1.54) is 30.3 Å².